The summed E-state index contributed by atoms with van der Waals surface area (Å²) in [5.41, 5.74) is 2.26. The van der Waals surface area contributed by atoms with Crippen LogP contribution >= 0.6 is 11.6 Å². The first-order valence-corrected chi connectivity index (χ1v) is 8.39. The Morgan fingerprint density at radius 1 is 1.00 bits per heavy atom. The summed E-state index contributed by atoms with van der Waals surface area (Å²) >= 11 is 6.10. The van der Waals surface area contributed by atoms with Crippen molar-refractivity contribution < 1.29 is 9.59 Å². The molecule has 132 valence electrons. The molecule has 3 aromatic rings. The zero-order valence-corrected chi connectivity index (χ0v) is 15.2. The number of benzene rings is 2. The predicted molar refractivity (Wildman–Crippen MR) is 103 cm³/mol. The molecule has 1 heterocycles. The number of rotatable bonds is 4. The van der Waals surface area contributed by atoms with E-state index in [2.05, 4.69) is 5.32 Å². The van der Waals surface area contributed by atoms with Crippen molar-refractivity contribution in [2.75, 3.05) is 19.4 Å². The zero-order valence-electron chi connectivity index (χ0n) is 14.4. The third-order valence-electron chi connectivity index (χ3n) is 3.87. The second-order valence-electron chi connectivity index (χ2n) is 5.99. The SMILES string of the molecule is CN(C)C(=O)c1cc(NC(=O)c2cccc(-n3cccc3)c2)ccc1Cl. The zero-order chi connectivity index (χ0) is 18.7. The molecule has 5 nitrogen and oxygen atoms in total. The molecule has 0 bridgehead atoms. The van der Waals surface area contributed by atoms with Gasteiger partial charge in [0, 0.05) is 43.4 Å². The van der Waals surface area contributed by atoms with E-state index in [9.17, 15) is 9.59 Å². The van der Waals surface area contributed by atoms with Crippen molar-refractivity contribution in [2.45, 2.75) is 0 Å². The van der Waals surface area contributed by atoms with Crippen molar-refractivity contribution in [3.8, 4) is 5.69 Å². The topological polar surface area (TPSA) is 54.3 Å². The summed E-state index contributed by atoms with van der Waals surface area (Å²) in [5.74, 6) is -0.481. The van der Waals surface area contributed by atoms with Gasteiger partial charge in [-0.1, -0.05) is 17.7 Å². The molecule has 0 spiro atoms. The molecule has 0 aliphatic heterocycles. The number of hydrogen-bond acceptors (Lipinski definition) is 2. The highest BCUT2D eigenvalue weighted by atomic mass is 35.5. The van der Waals surface area contributed by atoms with E-state index in [-0.39, 0.29) is 11.8 Å². The summed E-state index contributed by atoms with van der Waals surface area (Å²) in [6, 6.07) is 16.0. The molecule has 0 aliphatic carbocycles. The Kier molecular flexibility index (Phi) is 5.09. The molecule has 0 unspecified atom stereocenters. The molecular weight excluding hydrogens is 350 g/mol. The lowest BCUT2D eigenvalue weighted by molar-refractivity contribution is 0.0827. The van der Waals surface area contributed by atoms with Gasteiger partial charge < -0.3 is 14.8 Å². The van der Waals surface area contributed by atoms with E-state index in [1.807, 2.05) is 41.2 Å². The van der Waals surface area contributed by atoms with Crippen LogP contribution in [0, 0.1) is 0 Å². The molecule has 6 heteroatoms. The minimum atomic E-state index is -0.260. The van der Waals surface area contributed by atoms with Gasteiger partial charge in [-0.2, -0.15) is 0 Å². The standard InChI is InChI=1S/C20H18ClN3O2/c1-23(2)20(26)17-13-15(8-9-18(17)21)22-19(25)14-6-5-7-16(12-14)24-10-3-4-11-24/h3-13H,1-2H3,(H,22,25). The number of carbonyl (C=O) groups excluding carboxylic acids is 2. The van der Waals surface area contributed by atoms with Gasteiger partial charge in [-0.25, -0.2) is 0 Å². The van der Waals surface area contributed by atoms with Crippen LogP contribution in [0.15, 0.2) is 67.0 Å². The van der Waals surface area contributed by atoms with Crippen molar-refractivity contribution in [3.63, 3.8) is 0 Å². The summed E-state index contributed by atoms with van der Waals surface area (Å²) in [5, 5.41) is 3.16. The number of nitrogens with one attached hydrogen (secondary N) is 1. The number of anilines is 1. The van der Waals surface area contributed by atoms with E-state index in [0.29, 0.717) is 21.8 Å². The summed E-state index contributed by atoms with van der Waals surface area (Å²) in [7, 11) is 3.30. The Bertz CT molecular complexity index is 949. The average molecular weight is 368 g/mol. The van der Waals surface area contributed by atoms with Crippen LogP contribution in [-0.2, 0) is 0 Å². The van der Waals surface area contributed by atoms with Crippen molar-refractivity contribution >= 4 is 29.1 Å². The Morgan fingerprint density at radius 2 is 1.73 bits per heavy atom. The molecule has 2 aromatic carbocycles. The molecule has 0 atom stereocenters. The maximum atomic E-state index is 12.6. The number of nitrogens with zero attached hydrogens (tertiary/aromatic N) is 2. The van der Waals surface area contributed by atoms with E-state index in [1.54, 1.807) is 44.4 Å². The molecule has 2 amide bonds. The molecule has 3 rings (SSSR count). The third-order valence-corrected chi connectivity index (χ3v) is 4.20. The summed E-state index contributed by atoms with van der Waals surface area (Å²) < 4.78 is 1.92. The monoisotopic (exact) mass is 367 g/mol. The average Bonchev–Trinajstić information content (AvgIpc) is 3.17. The van der Waals surface area contributed by atoms with E-state index >= 15 is 0 Å². The third kappa shape index (κ3) is 3.78. The first kappa shape index (κ1) is 17.8. The number of carbonyl (C=O) groups is 2. The molecular formula is C20H18ClN3O2. The molecule has 26 heavy (non-hydrogen) atoms. The first-order valence-electron chi connectivity index (χ1n) is 8.01. The Labute approximate surface area is 156 Å². The number of aromatic nitrogens is 1. The fourth-order valence-corrected chi connectivity index (χ4v) is 2.72. The minimum Gasteiger partial charge on any atom is -0.345 e. The highest BCUT2D eigenvalue weighted by molar-refractivity contribution is 6.34. The molecule has 0 radical (unpaired) electrons. The van der Waals surface area contributed by atoms with Crippen LogP contribution in [-0.4, -0.2) is 35.4 Å². The molecule has 0 fully saturated rings. The van der Waals surface area contributed by atoms with Crippen LogP contribution in [0.3, 0.4) is 0 Å². The van der Waals surface area contributed by atoms with Gasteiger partial charge in [0.2, 0.25) is 0 Å². The van der Waals surface area contributed by atoms with Crippen molar-refractivity contribution in [3.05, 3.63) is 83.1 Å². The van der Waals surface area contributed by atoms with E-state index in [4.69, 9.17) is 11.6 Å². The maximum absolute atomic E-state index is 12.6. The molecule has 1 aromatic heterocycles. The van der Waals surface area contributed by atoms with Crippen LogP contribution in [0.25, 0.3) is 5.69 Å². The molecule has 0 saturated carbocycles. The van der Waals surface area contributed by atoms with Gasteiger partial charge >= 0.3 is 0 Å². The van der Waals surface area contributed by atoms with Crippen LogP contribution in [0.4, 0.5) is 5.69 Å². The fourth-order valence-electron chi connectivity index (χ4n) is 2.53. The largest absolute Gasteiger partial charge is 0.345 e. The van der Waals surface area contributed by atoms with Crippen LogP contribution in [0.5, 0.6) is 0 Å². The Morgan fingerprint density at radius 3 is 2.42 bits per heavy atom. The van der Waals surface area contributed by atoms with Crippen molar-refractivity contribution in [1.29, 1.82) is 0 Å². The number of hydrogen-bond donors (Lipinski definition) is 1. The number of amides is 2. The van der Waals surface area contributed by atoms with Gasteiger partial charge in [0.25, 0.3) is 11.8 Å². The first-order chi connectivity index (χ1) is 12.5. The van der Waals surface area contributed by atoms with Crippen molar-refractivity contribution in [2.24, 2.45) is 0 Å². The lowest BCUT2D eigenvalue weighted by Crippen LogP contribution is -2.22. The van der Waals surface area contributed by atoms with Gasteiger partial charge in [0.05, 0.1) is 10.6 Å². The predicted octanol–water partition coefficient (Wildman–Crippen LogP) is 4.08. The molecule has 0 saturated heterocycles. The van der Waals surface area contributed by atoms with Crippen LogP contribution in [0.2, 0.25) is 5.02 Å². The smallest absolute Gasteiger partial charge is 0.255 e. The van der Waals surface area contributed by atoms with Crippen LogP contribution in [0.1, 0.15) is 20.7 Å². The molecule has 0 aliphatic rings. The fraction of sp³-hybridized carbons (Fsp3) is 0.100. The lowest BCUT2D eigenvalue weighted by atomic mass is 10.1. The van der Waals surface area contributed by atoms with Gasteiger partial charge in [-0.3, -0.25) is 9.59 Å². The van der Waals surface area contributed by atoms with Gasteiger partial charge in [-0.15, -0.1) is 0 Å². The second-order valence-corrected chi connectivity index (χ2v) is 6.40. The summed E-state index contributed by atoms with van der Waals surface area (Å²) in [6.07, 6.45) is 3.82. The number of halogens is 1. The summed E-state index contributed by atoms with van der Waals surface area (Å²) in [6.45, 7) is 0. The van der Waals surface area contributed by atoms with Gasteiger partial charge in [0.1, 0.15) is 0 Å². The van der Waals surface area contributed by atoms with E-state index in [0.717, 1.165) is 5.69 Å². The Hall–Kier alpha value is -3.05. The molecule has 1 N–H and O–H groups in total. The normalized spacial score (nSPS) is 10.4. The maximum Gasteiger partial charge on any atom is 0.255 e. The van der Waals surface area contributed by atoms with E-state index in [1.165, 1.54) is 4.90 Å². The van der Waals surface area contributed by atoms with Gasteiger partial charge in [0.15, 0.2) is 0 Å². The van der Waals surface area contributed by atoms with E-state index < -0.39 is 0 Å². The summed E-state index contributed by atoms with van der Waals surface area (Å²) in [4.78, 5) is 26.2. The second kappa shape index (κ2) is 7.45. The van der Waals surface area contributed by atoms with Crippen LogP contribution < -0.4 is 5.32 Å². The highest BCUT2D eigenvalue weighted by Gasteiger charge is 2.14. The quantitative estimate of drug-likeness (QED) is 0.755. The van der Waals surface area contributed by atoms with Crippen molar-refractivity contribution in [1.82, 2.24) is 9.47 Å². The lowest BCUT2D eigenvalue weighted by Gasteiger charge is -2.13. The minimum absolute atomic E-state index is 0.222. The Balaban J connectivity index is 1.84. The highest BCUT2D eigenvalue weighted by Crippen LogP contribution is 2.22. The van der Waals surface area contributed by atoms with Gasteiger partial charge in [-0.05, 0) is 48.5 Å².